The van der Waals surface area contributed by atoms with E-state index in [1.165, 1.54) is 0 Å². The molecule has 19 heavy (non-hydrogen) atoms. The summed E-state index contributed by atoms with van der Waals surface area (Å²) in [6.07, 6.45) is 0. The molecule has 0 aliphatic heterocycles. The number of carbonyl (C=O) groups excluding carboxylic acids is 2. The van der Waals surface area contributed by atoms with Crippen molar-refractivity contribution in [1.82, 2.24) is 0 Å². The minimum Gasteiger partial charge on any atom is -0.290 e. The number of benzene rings is 1. The predicted octanol–water partition coefficient (Wildman–Crippen LogP) is 3.80. The highest BCUT2D eigenvalue weighted by molar-refractivity contribution is 7.79. The largest absolute Gasteiger partial charge is 0.290 e. The lowest BCUT2D eigenvalue weighted by molar-refractivity contribution is -0.121. The van der Waals surface area contributed by atoms with Gasteiger partial charge in [-0.25, -0.2) is 0 Å². The standard InChI is InChI=1S/C16H22O2S/c1-10(2)14(11(3)4)16(18)15(17)13-7-5-12(9-19)6-8-13/h5-8,10-11,14,19H,9H2,1-4H3. The highest BCUT2D eigenvalue weighted by atomic mass is 32.1. The summed E-state index contributed by atoms with van der Waals surface area (Å²) >= 11 is 4.17. The molecule has 0 bridgehead atoms. The van der Waals surface area contributed by atoms with Crippen LogP contribution in [-0.2, 0) is 10.5 Å². The van der Waals surface area contributed by atoms with E-state index in [4.69, 9.17) is 0 Å². The van der Waals surface area contributed by atoms with Gasteiger partial charge in [0.25, 0.3) is 0 Å². The lowest BCUT2D eigenvalue weighted by Crippen LogP contribution is -2.31. The first kappa shape index (κ1) is 16.0. The second kappa shape index (κ2) is 6.90. The minimum absolute atomic E-state index is 0.174. The maximum absolute atomic E-state index is 12.3. The first-order valence-electron chi connectivity index (χ1n) is 6.66. The van der Waals surface area contributed by atoms with E-state index in [1.54, 1.807) is 12.1 Å². The molecule has 0 aliphatic carbocycles. The molecule has 0 fully saturated rings. The Balaban J connectivity index is 2.94. The molecule has 2 nitrogen and oxygen atoms in total. The summed E-state index contributed by atoms with van der Waals surface area (Å²) in [5.74, 6) is 0.114. The minimum atomic E-state index is -0.377. The van der Waals surface area contributed by atoms with E-state index < -0.39 is 0 Å². The molecule has 0 aromatic heterocycles. The maximum Gasteiger partial charge on any atom is 0.228 e. The van der Waals surface area contributed by atoms with Gasteiger partial charge in [-0.3, -0.25) is 9.59 Å². The van der Waals surface area contributed by atoms with Gasteiger partial charge < -0.3 is 0 Å². The number of hydrogen-bond acceptors (Lipinski definition) is 3. The number of carbonyl (C=O) groups is 2. The predicted molar refractivity (Wildman–Crippen MR) is 81.6 cm³/mol. The Kier molecular flexibility index (Phi) is 5.80. The summed E-state index contributed by atoms with van der Waals surface area (Å²) in [4.78, 5) is 24.5. The fourth-order valence-electron chi connectivity index (χ4n) is 2.43. The normalized spacial score (nSPS) is 11.4. The van der Waals surface area contributed by atoms with Gasteiger partial charge in [-0.1, -0.05) is 52.0 Å². The second-order valence-corrected chi connectivity index (χ2v) is 5.88. The molecule has 1 rings (SSSR count). The zero-order valence-electron chi connectivity index (χ0n) is 12.0. The number of rotatable bonds is 6. The Morgan fingerprint density at radius 2 is 1.47 bits per heavy atom. The van der Waals surface area contributed by atoms with Crippen molar-refractivity contribution in [3.63, 3.8) is 0 Å². The van der Waals surface area contributed by atoms with E-state index in [9.17, 15) is 9.59 Å². The molecule has 104 valence electrons. The van der Waals surface area contributed by atoms with Crippen LogP contribution in [0.3, 0.4) is 0 Å². The third-order valence-electron chi connectivity index (χ3n) is 3.36. The molecule has 0 aliphatic rings. The van der Waals surface area contributed by atoms with Gasteiger partial charge >= 0.3 is 0 Å². The molecule has 0 amide bonds. The molecular formula is C16H22O2S. The molecule has 0 radical (unpaired) electrons. The molecule has 0 unspecified atom stereocenters. The third kappa shape index (κ3) is 3.93. The Morgan fingerprint density at radius 1 is 1.00 bits per heavy atom. The average molecular weight is 278 g/mol. The van der Waals surface area contributed by atoms with Gasteiger partial charge in [0, 0.05) is 17.2 Å². The van der Waals surface area contributed by atoms with Gasteiger partial charge in [-0.05, 0) is 17.4 Å². The Hall–Kier alpha value is -1.09. The summed E-state index contributed by atoms with van der Waals surface area (Å²) in [6, 6.07) is 7.10. The molecule has 0 atom stereocenters. The number of hydrogen-bond donors (Lipinski definition) is 1. The molecular weight excluding hydrogens is 256 g/mol. The molecule has 3 heteroatoms. The monoisotopic (exact) mass is 278 g/mol. The van der Waals surface area contributed by atoms with Crippen LogP contribution in [0.25, 0.3) is 0 Å². The van der Waals surface area contributed by atoms with Crippen LogP contribution in [0, 0.1) is 17.8 Å². The van der Waals surface area contributed by atoms with E-state index in [1.807, 2.05) is 39.8 Å². The summed E-state index contributed by atoms with van der Waals surface area (Å²) in [5, 5.41) is 0. The number of ketones is 2. The van der Waals surface area contributed by atoms with E-state index in [-0.39, 0.29) is 29.3 Å². The van der Waals surface area contributed by atoms with Gasteiger partial charge in [-0.2, -0.15) is 12.6 Å². The smallest absolute Gasteiger partial charge is 0.228 e. The number of thiol groups is 1. The molecule has 0 saturated carbocycles. The highest BCUT2D eigenvalue weighted by Gasteiger charge is 2.30. The third-order valence-corrected chi connectivity index (χ3v) is 3.73. The van der Waals surface area contributed by atoms with Crippen molar-refractivity contribution in [1.29, 1.82) is 0 Å². The van der Waals surface area contributed by atoms with Crippen LogP contribution < -0.4 is 0 Å². The zero-order chi connectivity index (χ0) is 14.6. The van der Waals surface area contributed by atoms with Crippen LogP contribution >= 0.6 is 12.6 Å². The van der Waals surface area contributed by atoms with Crippen molar-refractivity contribution in [2.24, 2.45) is 17.8 Å². The van der Waals surface area contributed by atoms with E-state index >= 15 is 0 Å². The molecule has 1 aromatic rings. The Morgan fingerprint density at radius 3 is 1.84 bits per heavy atom. The van der Waals surface area contributed by atoms with Crippen molar-refractivity contribution in [2.75, 3.05) is 0 Å². The Labute approximate surface area is 121 Å². The summed E-state index contributed by atoms with van der Waals surface area (Å²) < 4.78 is 0. The van der Waals surface area contributed by atoms with Gasteiger partial charge in [0.15, 0.2) is 0 Å². The van der Waals surface area contributed by atoms with Crippen molar-refractivity contribution in [3.05, 3.63) is 35.4 Å². The number of Topliss-reactive ketones (excluding diaryl/α,β-unsaturated/α-hetero) is 2. The van der Waals surface area contributed by atoms with Crippen LogP contribution in [-0.4, -0.2) is 11.6 Å². The fraction of sp³-hybridized carbons (Fsp3) is 0.500. The zero-order valence-corrected chi connectivity index (χ0v) is 12.9. The SMILES string of the molecule is CC(C)C(C(=O)C(=O)c1ccc(CS)cc1)C(C)C. The fourth-order valence-corrected chi connectivity index (χ4v) is 2.64. The maximum atomic E-state index is 12.3. The lowest BCUT2D eigenvalue weighted by atomic mass is 9.80. The summed E-state index contributed by atoms with van der Waals surface area (Å²) in [5.41, 5.74) is 1.51. The van der Waals surface area contributed by atoms with Crippen LogP contribution in [0.5, 0.6) is 0 Å². The lowest BCUT2D eigenvalue weighted by Gasteiger charge is -2.22. The van der Waals surface area contributed by atoms with E-state index in [0.29, 0.717) is 11.3 Å². The quantitative estimate of drug-likeness (QED) is 0.488. The average Bonchev–Trinajstić information content (AvgIpc) is 2.37. The second-order valence-electron chi connectivity index (χ2n) is 5.56. The van der Waals surface area contributed by atoms with Crippen LogP contribution in [0.4, 0.5) is 0 Å². The van der Waals surface area contributed by atoms with Gasteiger partial charge in [0.2, 0.25) is 11.6 Å². The van der Waals surface area contributed by atoms with Crippen molar-refractivity contribution in [2.45, 2.75) is 33.4 Å². The molecule has 0 saturated heterocycles. The molecule has 0 N–H and O–H groups in total. The first-order chi connectivity index (χ1) is 8.88. The highest BCUT2D eigenvalue weighted by Crippen LogP contribution is 2.23. The topological polar surface area (TPSA) is 34.1 Å². The van der Waals surface area contributed by atoms with Gasteiger partial charge in [-0.15, -0.1) is 0 Å². The molecule has 0 spiro atoms. The molecule has 1 aromatic carbocycles. The van der Waals surface area contributed by atoms with Crippen molar-refractivity contribution in [3.8, 4) is 0 Å². The Bertz CT molecular complexity index is 438. The first-order valence-corrected chi connectivity index (χ1v) is 7.30. The van der Waals surface area contributed by atoms with E-state index in [2.05, 4.69) is 12.6 Å². The van der Waals surface area contributed by atoms with Gasteiger partial charge in [0.05, 0.1) is 0 Å². The van der Waals surface area contributed by atoms with Crippen LogP contribution in [0.1, 0.15) is 43.6 Å². The van der Waals surface area contributed by atoms with Crippen LogP contribution in [0.2, 0.25) is 0 Å². The summed E-state index contributed by atoms with van der Waals surface area (Å²) in [6.45, 7) is 7.94. The van der Waals surface area contributed by atoms with Crippen molar-refractivity contribution >= 4 is 24.2 Å². The summed E-state index contributed by atoms with van der Waals surface area (Å²) in [7, 11) is 0. The molecule has 0 heterocycles. The van der Waals surface area contributed by atoms with Crippen molar-refractivity contribution < 1.29 is 9.59 Å². The van der Waals surface area contributed by atoms with E-state index in [0.717, 1.165) is 5.56 Å². The van der Waals surface area contributed by atoms with Crippen LogP contribution in [0.15, 0.2) is 24.3 Å². The van der Waals surface area contributed by atoms with Gasteiger partial charge in [0.1, 0.15) is 0 Å².